The van der Waals surface area contributed by atoms with E-state index in [1.54, 1.807) is 6.08 Å². The van der Waals surface area contributed by atoms with Crippen LogP contribution in [-0.4, -0.2) is 60.5 Å². The smallest absolute Gasteiger partial charge is 0.462 e. The molecule has 0 heterocycles. The molecular weight excluding hydrogens is 705 g/mol. The third-order valence-electron chi connectivity index (χ3n) is 8.46. The van der Waals surface area contributed by atoms with Gasteiger partial charge in [-0.2, -0.15) is 0 Å². The molecule has 11 heteroatoms. The largest absolute Gasteiger partial charge is 0.472 e. The lowest BCUT2D eigenvalue weighted by molar-refractivity contribution is -0.161. The van der Waals surface area contributed by atoms with Gasteiger partial charge in [-0.3, -0.25) is 18.6 Å². The summed E-state index contributed by atoms with van der Waals surface area (Å²) in [6.07, 6.45) is 41.3. The van der Waals surface area contributed by atoms with Crippen molar-refractivity contribution in [3.63, 3.8) is 0 Å². The van der Waals surface area contributed by atoms with Crippen molar-refractivity contribution < 1.29 is 42.7 Å². The summed E-state index contributed by atoms with van der Waals surface area (Å²) >= 11 is 0. The van der Waals surface area contributed by atoms with Crippen LogP contribution in [0.15, 0.2) is 60.8 Å². The van der Waals surface area contributed by atoms with Crippen molar-refractivity contribution in [3.8, 4) is 0 Å². The number of aliphatic hydroxyl groups is 1. The summed E-state index contributed by atoms with van der Waals surface area (Å²) < 4.78 is 32.6. The normalized spacial score (nSPS) is 14.5. The van der Waals surface area contributed by atoms with E-state index in [0.717, 1.165) is 38.5 Å². The lowest BCUT2D eigenvalue weighted by atomic mass is 10.1. The van der Waals surface area contributed by atoms with Gasteiger partial charge in [0.1, 0.15) is 6.61 Å². The van der Waals surface area contributed by atoms with E-state index in [2.05, 4.69) is 32.1 Å². The number of hydrogen-bond acceptors (Lipinski definition) is 9. The highest BCUT2D eigenvalue weighted by atomic mass is 31.2. The number of rotatable bonds is 38. The zero-order valence-corrected chi connectivity index (χ0v) is 34.7. The monoisotopic (exact) mass is 782 g/mol. The van der Waals surface area contributed by atoms with Crippen LogP contribution in [0.5, 0.6) is 0 Å². The average Bonchev–Trinajstić information content (AvgIpc) is 3.15. The van der Waals surface area contributed by atoms with Gasteiger partial charge in [0.05, 0.1) is 19.3 Å². The molecule has 0 aromatic rings. The number of allylic oxidation sites excluding steroid dienone is 8. The van der Waals surface area contributed by atoms with Gasteiger partial charge in [0.25, 0.3) is 0 Å². The number of esters is 2. The van der Waals surface area contributed by atoms with Gasteiger partial charge in [-0.15, -0.1) is 0 Å². The molecule has 0 bridgehead atoms. The molecule has 0 aliphatic heterocycles. The first kappa shape index (κ1) is 51.7. The van der Waals surface area contributed by atoms with Crippen LogP contribution in [0.3, 0.4) is 0 Å². The van der Waals surface area contributed by atoms with Gasteiger partial charge in [-0.1, -0.05) is 139 Å². The van der Waals surface area contributed by atoms with Crippen LogP contribution in [0.4, 0.5) is 0 Å². The van der Waals surface area contributed by atoms with Crippen molar-refractivity contribution in [1.82, 2.24) is 0 Å². The van der Waals surface area contributed by atoms with E-state index in [1.165, 1.54) is 70.6 Å². The fourth-order valence-electron chi connectivity index (χ4n) is 5.29. The van der Waals surface area contributed by atoms with Crippen LogP contribution in [0.2, 0.25) is 0 Å². The van der Waals surface area contributed by atoms with E-state index in [4.69, 9.17) is 24.3 Å². The zero-order chi connectivity index (χ0) is 39.8. The molecule has 0 amide bonds. The Morgan fingerprint density at radius 2 is 1.20 bits per heavy atom. The van der Waals surface area contributed by atoms with Crippen molar-refractivity contribution in [2.45, 2.75) is 174 Å². The fourth-order valence-corrected chi connectivity index (χ4v) is 6.05. The van der Waals surface area contributed by atoms with E-state index >= 15 is 0 Å². The number of aliphatic hydroxyl groups excluding tert-OH is 1. The molecule has 4 N–H and O–H groups in total. The lowest BCUT2D eigenvalue weighted by Crippen LogP contribution is -2.29. The predicted octanol–water partition coefficient (Wildman–Crippen LogP) is 10.7. The molecule has 3 atom stereocenters. The second kappa shape index (κ2) is 38.9. The third kappa shape index (κ3) is 38.0. The molecule has 1 unspecified atom stereocenters. The SMILES string of the molecule is CCCCC/C=C\C=C/[C@@H](O)C/C=C\C/C=C/CCCC(=O)OC[C@H](COP(=O)(O)OCCN)OC(=O)CCCCCCCCC/C=C\CCCCCC. The second-order valence-corrected chi connectivity index (χ2v) is 15.2. The van der Waals surface area contributed by atoms with Gasteiger partial charge >= 0.3 is 19.8 Å². The maximum absolute atomic E-state index is 12.6. The van der Waals surface area contributed by atoms with Crippen molar-refractivity contribution >= 4 is 19.8 Å². The summed E-state index contributed by atoms with van der Waals surface area (Å²) in [4.78, 5) is 34.8. The first-order chi connectivity index (χ1) is 26.2. The minimum atomic E-state index is -4.40. The summed E-state index contributed by atoms with van der Waals surface area (Å²) in [5.74, 6) is -0.945. The number of carbonyl (C=O) groups excluding carboxylic acids is 2. The Morgan fingerprint density at radius 3 is 1.91 bits per heavy atom. The standard InChI is InChI=1S/C43H76NO9P/c1-3-5-7-9-11-12-13-14-15-16-17-18-22-27-31-35-43(47)53-41(39-52-54(48,49)51-37-36-44)38-50-42(46)34-30-26-23-19-21-25-29-33-40(45)32-28-24-20-10-8-6-4-2/h12-13,19-20,23-25,28-29,32,40-41,45H,3-11,14-18,21-22,26-27,30-31,33-39,44H2,1-2H3,(H,48,49)/b13-12-,23-19+,24-20-,29-25-,32-28-/t40-,41-/m1/s1. The Balaban J connectivity index is 4.35. The number of unbranched alkanes of at least 4 members (excludes halogenated alkanes) is 15. The highest BCUT2D eigenvalue weighted by Gasteiger charge is 2.25. The van der Waals surface area contributed by atoms with Gasteiger partial charge in [-0.25, -0.2) is 4.57 Å². The number of phosphoric ester groups is 1. The average molecular weight is 782 g/mol. The Morgan fingerprint density at radius 1 is 0.648 bits per heavy atom. The van der Waals surface area contributed by atoms with Crippen molar-refractivity contribution in [3.05, 3.63) is 60.8 Å². The maximum Gasteiger partial charge on any atom is 0.472 e. The fraction of sp³-hybridized carbons (Fsp3) is 0.721. The molecule has 0 spiro atoms. The molecule has 0 rings (SSSR count). The Kier molecular flexibility index (Phi) is 37.2. The molecular formula is C43H76NO9P. The second-order valence-electron chi connectivity index (χ2n) is 13.7. The number of nitrogens with two attached hydrogens (primary N) is 1. The first-order valence-corrected chi connectivity index (χ1v) is 22.4. The Bertz CT molecular complexity index is 1090. The van der Waals surface area contributed by atoms with Gasteiger partial charge < -0.3 is 25.2 Å². The molecule has 0 saturated carbocycles. The molecule has 0 radical (unpaired) electrons. The van der Waals surface area contributed by atoms with Crippen molar-refractivity contribution in [2.75, 3.05) is 26.4 Å². The molecule has 0 aromatic heterocycles. The zero-order valence-electron chi connectivity index (χ0n) is 33.8. The number of ether oxygens (including phenoxy) is 2. The third-order valence-corrected chi connectivity index (χ3v) is 9.44. The first-order valence-electron chi connectivity index (χ1n) is 20.9. The summed E-state index contributed by atoms with van der Waals surface area (Å²) in [5.41, 5.74) is 5.33. The van der Waals surface area contributed by atoms with E-state index in [0.29, 0.717) is 25.7 Å². The summed E-state index contributed by atoms with van der Waals surface area (Å²) in [6, 6.07) is 0. The Hall–Kier alpha value is -2.33. The highest BCUT2D eigenvalue weighted by molar-refractivity contribution is 7.47. The molecule has 0 saturated heterocycles. The predicted molar refractivity (Wildman–Crippen MR) is 221 cm³/mol. The molecule has 0 fully saturated rings. The van der Waals surface area contributed by atoms with Crippen molar-refractivity contribution in [2.24, 2.45) is 5.73 Å². The molecule has 0 aliphatic rings. The number of phosphoric acid groups is 1. The quantitative estimate of drug-likeness (QED) is 0.0181. The van der Waals surface area contributed by atoms with Crippen LogP contribution in [0.1, 0.15) is 162 Å². The van der Waals surface area contributed by atoms with Gasteiger partial charge in [0.15, 0.2) is 6.10 Å². The lowest BCUT2D eigenvalue weighted by Gasteiger charge is -2.19. The van der Waals surface area contributed by atoms with Gasteiger partial charge in [0, 0.05) is 19.4 Å². The summed E-state index contributed by atoms with van der Waals surface area (Å²) in [6.45, 7) is 3.51. The van der Waals surface area contributed by atoms with Crippen LogP contribution >= 0.6 is 7.82 Å². The van der Waals surface area contributed by atoms with Gasteiger partial charge in [-0.05, 0) is 70.6 Å². The van der Waals surface area contributed by atoms with Crippen LogP contribution in [0, 0.1) is 0 Å². The van der Waals surface area contributed by atoms with Crippen LogP contribution in [-0.2, 0) is 32.7 Å². The molecule has 0 aliphatic carbocycles. The van der Waals surface area contributed by atoms with Gasteiger partial charge in [0.2, 0.25) is 0 Å². The molecule has 312 valence electrons. The number of hydrogen-bond donors (Lipinski definition) is 3. The molecule has 54 heavy (non-hydrogen) atoms. The van der Waals surface area contributed by atoms with E-state index in [1.807, 2.05) is 36.5 Å². The Labute approximate surface area is 328 Å². The van der Waals surface area contributed by atoms with E-state index in [-0.39, 0.29) is 32.6 Å². The molecule has 10 nitrogen and oxygen atoms in total. The van der Waals surface area contributed by atoms with Crippen LogP contribution < -0.4 is 5.73 Å². The van der Waals surface area contributed by atoms with Crippen LogP contribution in [0.25, 0.3) is 0 Å². The topological polar surface area (TPSA) is 155 Å². The van der Waals surface area contributed by atoms with E-state index < -0.39 is 38.6 Å². The summed E-state index contributed by atoms with van der Waals surface area (Å²) in [7, 11) is -4.40. The maximum atomic E-state index is 12.6. The van der Waals surface area contributed by atoms with E-state index in [9.17, 15) is 24.2 Å². The summed E-state index contributed by atoms with van der Waals surface area (Å²) in [5, 5.41) is 10.0. The highest BCUT2D eigenvalue weighted by Crippen LogP contribution is 2.43. The minimum Gasteiger partial charge on any atom is -0.462 e. The van der Waals surface area contributed by atoms with Crippen molar-refractivity contribution in [1.29, 1.82) is 0 Å². The minimum absolute atomic E-state index is 0.0337. The number of carbonyl (C=O) groups is 2. The molecule has 0 aromatic carbocycles.